The summed E-state index contributed by atoms with van der Waals surface area (Å²) in [6.07, 6.45) is 2.59. The fourth-order valence-electron chi connectivity index (χ4n) is 0.604. The molecule has 0 amide bonds. The Bertz CT molecular complexity index is 40.8. The summed E-state index contributed by atoms with van der Waals surface area (Å²) in [6.45, 7) is 9.74. The van der Waals surface area contributed by atoms with Gasteiger partial charge in [-0.2, -0.15) is 0 Å². The summed E-state index contributed by atoms with van der Waals surface area (Å²) >= 11 is 0. The molecular weight excluding hydrogens is 136 g/mol. The Hall–Kier alpha value is -0.0800. The van der Waals surface area contributed by atoms with Gasteiger partial charge in [-0.25, -0.2) is 0 Å². The highest BCUT2D eigenvalue weighted by molar-refractivity contribution is 4.34. The third kappa shape index (κ3) is 25.7. The molecule has 0 rings (SSSR count). The van der Waals surface area contributed by atoms with E-state index in [2.05, 4.69) is 31.4 Å². The summed E-state index contributed by atoms with van der Waals surface area (Å²) in [5.74, 6) is 0. The predicted octanol–water partition coefficient (Wildman–Crippen LogP) is 1.62. The van der Waals surface area contributed by atoms with Crippen LogP contribution in [0.25, 0.3) is 0 Å². The van der Waals surface area contributed by atoms with Gasteiger partial charge in [-0.3, -0.25) is 0 Å². The number of hydrogen-bond donors (Lipinski definition) is 2. The molecule has 0 unspecified atom stereocenters. The molecule has 0 bridgehead atoms. The standard InChI is InChI=1S/C5H13N.C4H11N/c1-3-4-5-6-2;1-3-5-4-2/h6H,3-5H2,1-2H3;5H,3-4H2,1-2H3. The van der Waals surface area contributed by atoms with Crippen molar-refractivity contribution in [1.29, 1.82) is 0 Å². The molecule has 0 aliphatic carbocycles. The Morgan fingerprint density at radius 1 is 1.00 bits per heavy atom. The van der Waals surface area contributed by atoms with Crippen LogP contribution in [-0.2, 0) is 0 Å². The predicted molar refractivity (Wildman–Crippen MR) is 53.1 cm³/mol. The van der Waals surface area contributed by atoms with E-state index in [-0.39, 0.29) is 0 Å². The molecule has 70 valence electrons. The van der Waals surface area contributed by atoms with E-state index < -0.39 is 0 Å². The number of nitrogens with one attached hydrogen (secondary N) is 2. The quantitative estimate of drug-likeness (QED) is 0.597. The molecule has 0 aliphatic heterocycles. The van der Waals surface area contributed by atoms with Crippen molar-refractivity contribution in [3.63, 3.8) is 0 Å². The molecule has 0 spiro atoms. The first-order chi connectivity index (χ1) is 5.33. The Labute approximate surface area is 71.8 Å². The summed E-state index contributed by atoms with van der Waals surface area (Å²) in [4.78, 5) is 0. The lowest BCUT2D eigenvalue weighted by molar-refractivity contribution is 0.711. The van der Waals surface area contributed by atoms with Crippen molar-refractivity contribution < 1.29 is 0 Å². The second-order valence-corrected chi connectivity index (χ2v) is 2.41. The first-order valence-corrected chi connectivity index (χ1v) is 4.68. The maximum atomic E-state index is 3.11. The molecule has 0 aliphatic rings. The molecule has 2 nitrogen and oxygen atoms in total. The topological polar surface area (TPSA) is 24.1 Å². The summed E-state index contributed by atoms with van der Waals surface area (Å²) < 4.78 is 0. The van der Waals surface area contributed by atoms with E-state index in [1.54, 1.807) is 0 Å². The van der Waals surface area contributed by atoms with Gasteiger partial charge in [-0.05, 0) is 33.1 Å². The highest BCUT2D eigenvalue weighted by atomic mass is 14.8. The molecule has 0 fully saturated rings. The van der Waals surface area contributed by atoms with Gasteiger partial charge < -0.3 is 10.6 Å². The average Bonchev–Trinajstić information content (AvgIpc) is 2.04. The largest absolute Gasteiger partial charge is 0.320 e. The van der Waals surface area contributed by atoms with Crippen LogP contribution >= 0.6 is 0 Å². The molecule has 2 N–H and O–H groups in total. The van der Waals surface area contributed by atoms with Gasteiger partial charge in [0.2, 0.25) is 0 Å². The summed E-state index contributed by atoms with van der Waals surface area (Å²) in [5.41, 5.74) is 0. The van der Waals surface area contributed by atoms with Gasteiger partial charge in [0.1, 0.15) is 0 Å². The number of hydrogen-bond acceptors (Lipinski definition) is 2. The molecule has 0 aromatic heterocycles. The van der Waals surface area contributed by atoms with Gasteiger partial charge in [0.05, 0.1) is 0 Å². The molecule has 2 heteroatoms. The van der Waals surface area contributed by atoms with Crippen LogP contribution < -0.4 is 10.6 Å². The van der Waals surface area contributed by atoms with Gasteiger partial charge >= 0.3 is 0 Å². The van der Waals surface area contributed by atoms with Crippen LogP contribution in [0, 0.1) is 0 Å². The number of unbranched alkanes of at least 4 members (excludes halogenated alkanes) is 1. The SMILES string of the molecule is CCCCNC.CCNCC. The third-order valence-corrected chi connectivity index (χ3v) is 1.28. The van der Waals surface area contributed by atoms with Crippen molar-refractivity contribution in [2.24, 2.45) is 0 Å². The molecule has 0 heterocycles. The Morgan fingerprint density at radius 2 is 1.55 bits per heavy atom. The van der Waals surface area contributed by atoms with Crippen molar-refractivity contribution in [2.75, 3.05) is 26.7 Å². The van der Waals surface area contributed by atoms with Crippen LogP contribution in [0.4, 0.5) is 0 Å². The van der Waals surface area contributed by atoms with E-state index in [0.29, 0.717) is 0 Å². The van der Waals surface area contributed by atoms with Crippen molar-refractivity contribution in [3.8, 4) is 0 Å². The fourth-order valence-corrected chi connectivity index (χ4v) is 0.604. The van der Waals surface area contributed by atoms with E-state index in [9.17, 15) is 0 Å². The van der Waals surface area contributed by atoms with Crippen LogP contribution in [0.2, 0.25) is 0 Å². The van der Waals surface area contributed by atoms with Gasteiger partial charge in [0.15, 0.2) is 0 Å². The van der Waals surface area contributed by atoms with Crippen LogP contribution in [-0.4, -0.2) is 26.7 Å². The smallest absolute Gasteiger partial charge is 0.00520 e. The summed E-state index contributed by atoms with van der Waals surface area (Å²) in [5, 5.41) is 6.18. The minimum atomic E-state index is 1.09. The highest BCUT2D eigenvalue weighted by Crippen LogP contribution is 1.79. The van der Waals surface area contributed by atoms with Crippen LogP contribution in [0.1, 0.15) is 33.6 Å². The molecule has 0 aromatic rings. The second kappa shape index (κ2) is 16.5. The van der Waals surface area contributed by atoms with Crippen molar-refractivity contribution >= 4 is 0 Å². The molecule has 0 saturated heterocycles. The molecule has 0 radical (unpaired) electrons. The van der Waals surface area contributed by atoms with Crippen LogP contribution in [0.5, 0.6) is 0 Å². The zero-order chi connectivity index (χ0) is 8.95. The number of rotatable bonds is 5. The summed E-state index contributed by atoms with van der Waals surface area (Å²) in [6, 6.07) is 0. The lowest BCUT2D eigenvalue weighted by Crippen LogP contribution is -2.09. The van der Waals surface area contributed by atoms with E-state index in [0.717, 1.165) is 19.6 Å². The monoisotopic (exact) mass is 160 g/mol. The van der Waals surface area contributed by atoms with E-state index in [4.69, 9.17) is 0 Å². The minimum Gasteiger partial charge on any atom is -0.320 e. The second-order valence-electron chi connectivity index (χ2n) is 2.41. The Kier molecular flexibility index (Phi) is 20.2. The van der Waals surface area contributed by atoms with Crippen molar-refractivity contribution in [3.05, 3.63) is 0 Å². The highest BCUT2D eigenvalue weighted by Gasteiger charge is 1.73. The lowest BCUT2D eigenvalue weighted by atomic mass is 10.3. The Morgan fingerprint density at radius 3 is 1.64 bits per heavy atom. The molecule has 0 aromatic carbocycles. The average molecular weight is 160 g/mol. The maximum Gasteiger partial charge on any atom is -0.00520 e. The summed E-state index contributed by atoms with van der Waals surface area (Å²) in [7, 11) is 1.98. The van der Waals surface area contributed by atoms with E-state index in [1.165, 1.54) is 12.8 Å². The molecular formula is C9H24N2. The van der Waals surface area contributed by atoms with E-state index in [1.807, 2.05) is 7.05 Å². The van der Waals surface area contributed by atoms with E-state index >= 15 is 0 Å². The van der Waals surface area contributed by atoms with Gasteiger partial charge in [-0.1, -0.05) is 27.2 Å². The van der Waals surface area contributed by atoms with Gasteiger partial charge in [-0.15, -0.1) is 0 Å². The molecule has 0 saturated carbocycles. The molecule has 0 atom stereocenters. The zero-order valence-electron chi connectivity index (χ0n) is 8.54. The lowest BCUT2D eigenvalue weighted by Gasteiger charge is -1.89. The Balaban J connectivity index is 0. The maximum absolute atomic E-state index is 3.11. The zero-order valence-corrected chi connectivity index (χ0v) is 8.54. The third-order valence-electron chi connectivity index (χ3n) is 1.28. The minimum absolute atomic E-state index is 1.09. The van der Waals surface area contributed by atoms with Gasteiger partial charge in [0, 0.05) is 0 Å². The first kappa shape index (κ1) is 13.5. The van der Waals surface area contributed by atoms with Crippen LogP contribution in [0.3, 0.4) is 0 Å². The fraction of sp³-hybridized carbons (Fsp3) is 1.00. The van der Waals surface area contributed by atoms with Crippen molar-refractivity contribution in [2.45, 2.75) is 33.6 Å². The van der Waals surface area contributed by atoms with Crippen molar-refractivity contribution in [1.82, 2.24) is 10.6 Å². The molecule has 11 heavy (non-hydrogen) atoms. The van der Waals surface area contributed by atoms with Gasteiger partial charge in [0.25, 0.3) is 0 Å². The van der Waals surface area contributed by atoms with Crippen LogP contribution in [0.15, 0.2) is 0 Å². The normalized spacial score (nSPS) is 8.73. The first-order valence-electron chi connectivity index (χ1n) is 4.68.